The molecule has 0 aliphatic heterocycles. The van der Waals surface area contributed by atoms with E-state index in [0.29, 0.717) is 12.0 Å². The number of hydrogen-bond donors (Lipinski definition) is 1. The smallest absolute Gasteiger partial charge is 0.122 e. The molecule has 0 aromatic heterocycles. The largest absolute Gasteiger partial charge is 0.496 e. The van der Waals surface area contributed by atoms with E-state index < -0.39 is 0 Å². The third-order valence-corrected chi connectivity index (χ3v) is 4.65. The summed E-state index contributed by atoms with van der Waals surface area (Å²) in [5.74, 6) is 2.48. The average molecular weight is 261 g/mol. The highest BCUT2D eigenvalue weighted by atomic mass is 16.5. The number of benzene rings is 1. The van der Waals surface area contributed by atoms with Gasteiger partial charge in [-0.25, -0.2) is 0 Å². The maximum atomic E-state index is 6.33. The van der Waals surface area contributed by atoms with Crippen LogP contribution in [-0.2, 0) is 6.42 Å². The van der Waals surface area contributed by atoms with Crippen LogP contribution in [0.15, 0.2) is 18.2 Å². The van der Waals surface area contributed by atoms with Gasteiger partial charge in [0.15, 0.2) is 0 Å². The van der Waals surface area contributed by atoms with E-state index >= 15 is 0 Å². The Balaban J connectivity index is 2.12. The molecule has 106 valence electrons. The monoisotopic (exact) mass is 261 g/mol. The lowest BCUT2D eigenvalue weighted by Crippen LogP contribution is -2.37. The minimum atomic E-state index is 0.355. The molecule has 0 bridgehead atoms. The van der Waals surface area contributed by atoms with Gasteiger partial charge in [0, 0.05) is 6.04 Å². The fourth-order valence-electron chi connectivity index (χ4n) is 3.34. The predicted molar refractivity (Wildman–Crippen MR) is 80.5 cm³/mol. The van der Waals surface area contributed by atoms with E-state index in [9.17, 15) is 0 Å². The second kappa shape index (κ2) is 6.42. The van der Waals surface area contributed by atoms with Crippen LogP contribution in [0.25, 0.3) is 0 Å². The lowest BCUT2D eigenvalue weighted by molar-refractivity contribution is 0.225. The summed E-state index contributed by atoms with van der Waals surface area (Å²) >= 11 is 0. The second-order valence-corrected chi connectivity index (χ2v) is 6.03. The Bertz CT molecular complexity index is 416. The van der Waals surface area contributed by atoms with E-state index in [4.69, 9.17) is 10.5 Å². The topological polar surface area (TPSA) is 35.2 Å². The molecular weight excluding hydrogens is 234 g/mol. The van der Waals surface area contributed by atoms with Gasteiger partial charge < -0.3 is 10.5 Å². The molecule has 1 aromatic rings. The van der Waals surface area contributed by atoms with Crippen LogP contribution in [0.2, 0.25) is 0 Å². The predicted octanol–water partition coefficient (Wildman–Crippen LogP) is 3.70. The van der Waals surface area contributed by atoms with Crippen LogP contribution in [0.5, 0.6) is 5.75 Å². The lowest BCUT2D eigenvalue weighted by atomic mass is 9.74. The Morgan fingerprint density at radius 2 is 2.11 bits per heavy atom. The van der Waals surface area contributed by atoms with Crippen LogP contribution in [0.1, 0.15) is 43.7 Å². The van der Waals surface area contributed by atoms with E-state index in [-0.39, 0.29) is 0 Å². The Kier molecular flexibility index (Phi) is 4.87. The molecule has 0 amide bonds. The quantitative estimate of drug-likeness (QED) is 0.897. The highest BCUT2D eigenvalue weighted by molar-refractivity contribution is 5.37. The molecule has 1 saturated carbocycles. The van der Waals surface area contributed by atoms with Crippen LogP contribution >= 0.6 is 0 Å². The average Bonchev–Trinajstić information content (AvgIpc) is 2.41. The summed E-state index contributed by atoms with van der Waals surface area (Å²) in [5, 5.41) is 0. The fraction of sp³-hybridized carbons (Fsp3) is 0.647. The van der Waals surface area contributed by atoms with Crippen LogP contribution in [0.4, 0.5) is 0 Å². The molecule has 1 fully saturated rings. The van der Waals surface area contributed by atoms with Crippen molar-refractivity contribution in [3.8, 4) is 5.75 Å². The molecule has 1 aliphatic carbocycles. The first-order valence-electron chi connectivity index (χ1n) is 7.53. The molecular formula is C17H27NO. The summed E-state index contributed by atoms with van der Waals surface area (Å²) in [5.41, 5.74) is 8.95. The number of ether oxygens (including phenoxy) is 1. The summed E-state index contributed by atoms with van der Waals surface area (Å²) in [6, 6.07) is 6.79. The highest BCUT2D eigenvalue weighted by Gasteiger charge is 2.28. The summed E-state index contributed by atoms with van der Waals surface area (Å²) in [6.45, 7) is 4.43. The molecule has 2 heteroatoms. The van der Waals surface area contributed by atoms with Crippen molar-refractivity contribution in [1.29, 1.82) is 0 Å². The van der Waals surface area contributed by atoms with Gasteiger partial charge in [0.2, 0.25) is 0 Å². The highest BCUT2D eigenvalue weighted by Crippen LogP contribution is 2.34. The van der Waals surface area contributed by atoms with Crippen molar-refractivity contribution in [2.24, 2.45) is 17.6 Å². The Morgan fingerprint density at radius 3 is 2.79 bits per heavy atom. The van der Waals surface area contributed by atoms with Gasteiger partial charge in [0.25, 0.3) is 0 Å². The van der Waals surface area contributed by atoms with E-state index in [1.807, 2.05) is 0 Å². The maximum Gasteiger partial charge on any atom is 0.122 e. The van der Waals surface area contributed by atoms with Crippen molar-refractivity contribution >= 4 is 0 Å². The molecule has 2 nitrogen and oxygen atoms in total. The molecule has 0 heterocycles. The third-order valence-electron chi connectivity index (χ3n) is 4.65. The molecule has 2 rings (SSSR count). The number of hydrogen-bond acceptors (Lipinski definition) is 2. The van der Waals surface area contributed by atoms with Gasteiger partial charge in [-0.2, -0.15) is 0 Å². The zero-order valence-electron chi connectivity index (χ0n) is 12.5. The van der Waals surface area contributed by atoms with Gasteiger partial charge in [0.1, 0.15) is 5.75 Å². The van der Waals surface area contributed by atoms with Crippen molar-refractivity contribution in [2.75, 3.05) is 7.11 Å². The zero-order valence-corrected chi connectivity index (χ0v) is 12.5. The molecule has 0 saturated heterocycles. The standard InChI is InChI=1S/C17H27NO/c1-4-13-6-7-16(18)14(10-13)11-15-9-12(2)5-8-17(15)19-3/h5,8-9,13-14,16H,4,6-7,10-11,18H2,1-3H3. The minimum absolute atomic E-state index is 0.355. The first-order valence-corrected chi connectivity index (χ1v) is 7.53. The summed E-state index contributed by atoms with van der Waals surface area (Å²) in [7, 11) is 1.75. The van der Waals surface area contributed by atoms with Gasteiger partial charge in [-0.3, -0.25) is 0 Å². The van der Waals surface area contributed by atoms with Gasteiger partial charge >= 0.3 is 0 Å². The van der Waals surface area contributed by atoms with E-state index in [2.05, 4.69) is 32.0 Å². The maximum absolute atomic E-state index is 6.33. The fourth-order valence-corrected chi connectivity index (χ4v) is 3.34. The van der Waals surface area contributed by atoms with Gasteiger partial charge in [-0.05, 0) is 56.1 Å². The SMILES string of the molecule is CCC1CCC(N)C(Cc2cc(C)ccc2OC)C1. The van der Waals surface area contributed by atoms with Gasteiger partial charge in [0.05, 0.1) is 7.11 Å². The number of methoxy groups -OCH3 is 1. The lowest BCUT2D eigenvalue weighted by Gasteiger charge is -2.34. The molecule has 0 radical (unpaired) electrons. The number of aryl methyl sites for hydroxylation is 1. The first kappa shape index (κ1) is 14.4. The van der Waals surface area contributed by atoms with Crippen molar-refractivity contribution in [2.45, 2.75) is 52.0 Å². The van der Waals surface area contributed by atoms with Crippen LogP contribution < -0.4 is 10.5 Å². The number of rotatable bonds is 4. The van der Waals surface area contributed by atoms with Crippen molar-refractivity contribution in [1.82, 2.24) is 0 Å². The third kappa shape index (κ3) is 3.50. The Hall–Kier alpha value is -1.02. The Morgan fingerprint density at radius 1 is 1.32 bits per heavy atom. The van der Waals surface area contributed by atoms with Crippen LogP contribution in [0.3, 0.4) is 0 Å². The van der Waals surface area contributed by atoms with E-state index in [0.717, 1.165) is 18.1 Å². The van der Waals surface area contributed by atoms with Crippen molar-refractivity contribution < 1.29 is 4.74 Å². The van der Waals surface area contributed by atoms with Crippen LogP contribution in [-0.4, -0.2) is 13.2 Å². The molecule has 3 atom stereocenters. The molecule has 0 spiro atoms. The molecule has 2 N–H and O–H groups in total. The van der Waals surface area contributed by atoms with E-state index in [1.54, 1.807) is 7.11 Å². The summed E-state index contributed by atoms with van der Waals surface area (Å²) < 4.78 is 5.49. The van der Waals surface area contributed by atoms with Crippen molar-refractivity contribution in [3.05, 3.63) is 29.3 Å². The van der Waals surface area contributed by atoms with Gasteiger partial charge in [-0.1, -0.05) is 31.0 Å². The first-order chi connectivity index (χ1) is 9.13. The molecule has 1 aromatic carbocycles. The van der Waals surface area contributed by atoms with Crippen molar-refractivity contribution in [3.63, 3.8) is 0 Å². The summed E-state index contributed by atoms with van der Waals surface area (Å²) in [6.07, 6.45) is 6.10. The van der Waals surface area contributed by atoms with Crippen LogP contribution in [0, 0.1) is 18.8 Å². The Labute approximate surface area is 117 Å². The molecule has 3 unspecified atom stereocenters. The zero-order chi connectivity index (χ0) is 13.8. The number of nitrogens with two attached hydrogens (primary N) is 1. The van der Waals surface area contributed by atoms with E-state index in [1.165, 1.54) is 36.8 Å². The second-order valence-electron chi connectivity index (χ2n) is 6.03. The van der Waals surface area contributed by atoms with Gasteiger partial charge in [-0.15, -0.1) is 0 Å². The molecule has 1 aliphatic rings. The minimum Gasteiger partial charge on any atom is -0.496 e. The molecule has 19 heavy (non-hydrogen) atoms. The normalized spacial score (nSPS) is 27.3. The summed E-state index contributed by atoms with van der Waals surface area (Å²) in [4.78, 5) is 0.